The van der Waals surface area contributed by atoms with Crippen molar-refractivity contribution in [2.75, 3.05) is 12.9 Å². The Balaban J connectivity index is 1.89. The first kappa shape index (κ1) is 21.8. The van der Waals surface area contributed by atoms with Crippen molar-refractivity contribution in [3.05, 3.63) is 41.8 Å². The second kappa shape index (κ2) is 11.3. The molecule has 0 N–H and O–H groups in total. The highest BCUT2D eigenvalue weighted by atomic mass is 32.2. The molecule has 0 radical (unpaired) electrons. The molecule has 0 aliphatic heterocycles. The Kier molecular flexibility index (Phi) is 9.15. The summed E-state index contributed by atoms with van der Waals surface area (Å²) >= 11 is 6.95. The number of rotatable bonds is 7. The van der Waals surface area contributed by atoms with Crippen molar-refractivity contribution in [3.8, 4) is 5.75 Å². The maximum absolute atomic E-state index is 11.1. The Hall–Kier alpha value is -1.53. The Morgan fingerprint density at radius 1 is 1.33 bits per heavy atom. The maximum Gasteiger partial charge on any atom is 0.358 e. The van der Waals surface area contributed by atoms with E-state index in [0.29, 0.717) is 23.5 Å². The van der Waals surface area contributed by atoms with Gasteiger partial charge in [-0.15, -0.1) is 11.8 Å². The Morgan fingerprint density at radius 2 is 2.07 bits per heavy atom. The summed E-state index contributed by atoms with van der Waals surface area (Å²) < 4.78 is 16.3. The minimum Gasteiger partial charge on any atom is -0.466 e. The summed E-state index contributed by atoms with van der Waals surface area (Å²) in [4.78, 5) is 11.1. The van der Waals surface area contributed by atoms with Crippen LogP contribution in [-0.2, 0) is 14.3 Å². The fourth-order valence-electron chi connectivity index (χ4n) is 3.37. The lowest BCUT2D eigenvalue weighted by Gasteiger charge is -2.37. The van der Waals surface area contributed by atoms with Crippen molar-refractivity contribution >= 4 is 35.2 Å². The molecular weight excluding hydrogens is 380 g/mol. The molecular formula is C21H28O4S2. The SMILES string of the molecule is COC(=O)/C=C/SC[C@H](C)[C@@H]1CC[C@@H](C)C[C@H]1OC(=S)Oc1ccccc1. The minimum atomic E-state index is -0.328. The molecule has 1 aromatic carbocycles. The van der Waals surface area contributed by atoms with Crippen molar-refractivity contribution in [1.82, 2.24) is 0 Å². The van der Waals surface area contributed by atoms with Gasteiger partial charge in [-0.25, -0.2) is 4.79 Å². The lowest BCUT2D eigenvalue weighted by molar-refractivity contribution is -0.134. The van der Waals surface area contributed by atoms with Crippen LogP contribution >= 0.6 is 24.0 Å². The molecule has 1 aromatic rings. The first-order valence-corrected chi connectivity index (χ1v) is 10.7. The zero-order chi connectivity index (χ0) is 19.6. The summed E-state index contributed by atoms with van der Waals surface area (Å²) in [5.74, 6) is 2.75. The molecule has 0 amide bonds. The van der Waals surface area contributed by atoms with Crippen LogP contribution in [0.1, 0.15) is 33.1 Å². The number of hydrogen-bond acceptors (Lipinski definition) is 6. The highest BCUT2D eigenvalue weighted by Gasteiger charge is 2.34. The maximum atomic E-state index is 11.1. The summed E-state index contributed by atoms with van der Waals surface area (Å²) in [5, 5.41) is 1.99. The third kappa shape index (κ3) is 7.54. The van der Waals surface area contributed by atoms with E-state index in [-0.39, 0.29) is 17.3 Å². The van der Waals surface area contributed by atoms with Crippen molar-refractivity contribution in [3.63, 3.8) is 0 Å². The standard InChI is InChI=1S/C21H28O4S2/c1-15-9-10-18(16(2)14-27-12-11-20(22)23-3)19(13-15)25-21(26)24-17-7-5-4-6-8-17/h4-8,11-12,15-16,18-19H,9-10,13-14H2,1-3H3/b12-11+/t15-,16+,18+,19-/m1/s1. The number of methoxy groups -OCH3 is 1. The van der Waals surface area contributed by atoms with Crippen molar-refractivity contribution in [2.45, 2.75) is 39.2 Å². The molecule has 0 spiro atoms. The van der Waals surface area contributed by atoms with E-state index < -0.39 is 0 Å². The fraction of sp³-hybridized carbons (Fsp3) is 0.524. The van der Waals surface area contributed by atoms with Gasteiger partial charge in [0.1, 0.15) is 11.9 Å². The lowest BCUT2D eigenvalue weighted by Crippen LogP contribution is -2.37. The third-order valence-corrected chi connectivity index (χ3v) is 6.11. The van der Waals surface area contributed by atoms with E-state index >= 15 is 0 Å². The van der Waals surface area contributed by atoms with Crippen LogP contribution in [0, 0.1) is 17.8 Å². The van der Waals surface area contributed by atoms with Gasteiger partial charge in [0, 0.05) is 24.0 Å². The molecule has 2 rings (SSSR count). The van der Waals surface area contributed by atoms with Crippen LogP contribution < -0.4 is 4.74 Å². The van der Waals surface area contributed by atoms with E-state index in [9.17, 15) is 4.79 Å². The predicted molar refractivity (Wildman–Crippen MR) is 114 cm³/mol. The van der Waals surface area contributed by atoms with Crippen LogP contribution in [0.5, 0.6) is 5.75 Å². The quantitative estimate of drug-likeness (QED) is 0.350. The first-order valence-electron chi connectivity index (χ1n) is 9.29. The normalized spacial score (nSPS) is 23.6. The zero-order valence-corrected chi connectivity index (χ0v) is 17.8. The van der Waals surface area contributed by atoms with Gasteiger partial charge in [0.15, 0.2) is 0 Å². The average Bonchev–Trinajstić information content (AvgIpc) is 2.65. The molecule has 0 bridgehead atoms. The molecule has 0 saturated heterocycles. The topological polar surface area (TPSA) is 44.8 Å². The second-order valence-electron chi connectivity index (χ2n) is 7.04. The van der Waals surface area contributed by atoms with Gasteiger partial charge < -0.3 is 14.2 Å². The van der Waals surface area contributed by atoms with E-state index in [1.165, 1.54) is 19.6 Å². The van der Waals surface area contributed by atoms with Crippen LogP contribution in [0.2, 0.25) is 0 Å². The van der Waals surface area contributed by atoms with Crippen molar-refractivity contribution in [2.24, 2.45) is 17.8 Å². The van der Waals surface area contributed by atoms with E-state index in [1.54, 1.807) is 17.2 Å². The molecule has 1 fully saturated rings. The number of hydrogen-bond donors (Lipinski definition) is 0. The number of carbonyl (C=O) groups excluding carboxylic acids is 1. The smallest absolute Gasteiger partial charge is 0.358 e. The Labute approximate surface area is 171 Å². The number of benzene rings is 1. The van der Waals surface area contributed by atoms with E-state index in [2.05, 4.69) is 18.6 Å². The summed E-state index contributed by atoms with van der Waals surface area (Å²) in [6.45, 7) is 4.49. The number of thioether (sulfide) groups is 1. The monoisotopic (exact) mass is 408 g/mol. The molecule has 0 aromatic heterocycles. The molecule has 1 aliphatic carbocycles. The van der Waals surface area contributed by atoms with Gasteiger partial charge in [0.2, 0.25) is 0 Å². The highest BCUT2D eigenvalue weighted by molar-refractivity contribution is 8.02. The van der Waals surface area contributed by atoms with E-state index in [1.807, 2.05) is 30.3 Å². The van der Waals surface area contributed by atoms with E-state index in [0.717, 1.165) is 18.6 Å². The summed E-state index contributed by atoms with van der Waals surface area (Å²) in [6.07, 6.45) is 4.81. The molecule has 148 valence electrons. The number of esters is 1. The molecule has 1 aliphatic rings. The van der Waals surface area contributed by atoms with Gasteiger partial charge in [0.25, 0.3) is 0 Å². The fourth-order valence-corrected chi connectivity index (χ4v) is 4.46. The van der Waals surface area contributed by atoms with Gasteiger partial charge in [0.05, 0.1) is 7.11 Å². The van der Waals surface area contributed by atoms with Gasteiger partial charge >= 0.3 is 11.2 Å². The molecule has 6 heteroatoms. The Bertz CT molecular complexity index is 632. The van der Waals surface area contributed by atoms with Gasteiger partial charge in [-0.1, -0.05) is 38.5 Å². The number of para-hydroxylation sites is 1. The molecule has 0 unspecified atom stereocenters. The average molecular weight is 409 g/mol. The van der Waals surface area contributed by atoms with Crippen LogP contribution in [0.25, 0.3) is 0 Å². The second-order valence-corrected chi connectivity index (χ2v) is 8.31. The number of thiocarbonyl (C=S) groups is 1. The summed E-state index contributed by atoms with van der Waals surface area (Å²) in [5.41, 5.74) is 0. The van der Waals surface area contributed by atoms with Crippen LogP contribution in [0.3, 0.4) is 0 Å². The molecule has 0 heterocycles. The minimum absolute atomic E-state index is 0.0603. The van der Waals surface area contributed by atoms with Gasteiger partial charge in [-0.05, 0) is 48.1 Å². The van der Waals surface area contributed by atoms with Gasteiger partial charge in [-0.2, -0.15) is 0 Å². The Morgan fingerprint density at radius 3 is 2.78 bits per heavy atom. The molecule has 1 saturated carbocycles. The highest BCUT2D eigenvalue weighted by Crippen LogP contribution is 2.37. The zero-order valence-electron chi connectivity index (χ0n) is 16.1. The summed E-state index contributed by atoms with van der Waals surface area (Å²) in [7, 11) is 1.38. The van der Waals surface area contributed by atoms with Crippen molar-refractivity contribution in [1.29, 1.82) is 0 Å². The van der Waals surface area contributed by atoms with E-state index in [4.69, 9.17) is 21.7 Å². The molecule has 4 atom stereocenters. The number of carbonyl (C=O) groups is 1. The molecule has 4 nitrogen and oxygen atoms in total. The lowest BCUT2D eigenvalue weighted by atomic mass is 9.75. The predicted octanol–water partition coefficient (Wildman–Crippen LogP) is 5.23. The van der Waals surface area contributed by atoms with Crippen LogP contribution in [-0.4, -0.2) is 30.2 Å². The van der Waals surface area contributed by atoms with Crippen LogP contribution in [0.15, 0.2) is 41.8 Å². The summed E-state index contributed by atoms with van der Waals surface area (Å²) in [6, 6.07) is 9.48. The first-order chi connectivity index (χ1) is 13.0. The number of ether oxygens (including phenoxy) is 3. The van der Waals surface area contributed by atoms with Crippen LogP contribution in [0.4, 0.5) is 0 Å². The van der Waals surface area contributed by atoms with Gasteiger partial charge in [-0.3, -0.25) is 0 Å². The van der Waals surface area contributed by atoms with Crippen molar-refractivity contribution < 1.29 is 19.0 Å². The largest absolute Gasteiger partial charge is 0.466 e. The third-order valence-electron chi connectivity index (χ3n) is 4.89. The molecule has 27 heavy (non-hydrogen) atoms.